The number of nitrogens with one attached hydrogen (secondary N) is 1. The molecule has 6 nitrogen and oxygen atoms in total. The van der Waals surface area contributed by atoms with Gasteiger partial charge in [-0.2, -0.15) is 0 Å². The summed E-state index contributed by atoms with van der Waals surface area (Å²) in [6, 6.07) is -0.0911. The van der Waals surface area contributed by atoms with E-state index in [0.29, 0.717) is 19.5 Å². The second kappa shape index (κ2) is 8.09. The van der Waals surface area contributed by atoms with Crippen LogP contribution in [0.3, 0.4) is 0 Å². The average molecular weight is 287 g/mol. The zero-order valence-corrected chi connectivity index (χ0v) is 13.6. The van der Waals surface area contributed by atoms with E-state index in [9.17, 15) is 9.59 Å². The quantitative estimate of drug-likeness (QED) is 0.711. The molecule has 0 saturated heterocycles. The fourth-order valence-electron chi connectivity index (χ4n) is 1.55. The molecule has 0 radical (unpaired) electrons. The van der Waals surface area contributed by atoms with Crippen LogP contribution >= 0.6 is 0 Å². The van der Waals surface area contributed by atoms with Crippen LogP contribution in [0.5, 0.6) is 0 Å². The van der Waals surface area contributed by atoms with Gasteiger partial charge in [-0.3, -0.25) is 4.79 Å². The predicted molar refractivity (Wildman–Crippen MR) is 79.9 cm³/mol. The van der Waals surface area contributed by atoms with Crippen molar-refractivity contribution in [2.75, 3.05) is 27.2 Å². The molecule has 0 aliphatic rings. The van der Waals surface area contributed by atoms with Crippen molar-refractivity contribution < 1.29 is 14.7 Å². The van der Waals surface area contributed by atoms with Crippen LogP contribution in [0, 0.1) is 0 Å². The fourth-order valence-corrected chi connectivity index (χ4v) is 1.55. The summed E-state index contributed by atoms with van der Waals surface area (Å²) in [5, 5.41) is 11.6. The van der Waals surface area contributed by atoms with Crippen LogP contribution < -0.4 is 5.32 Å². The first kappa shape index (κ1) is 18.7. The normalized spacial score (nSPS) is 11.8. The highest BCUT2D eigenvalue weighted by Gasteiger charge is 2.23. The summed E-state index contributed by atoms with van der Waals surface area (Å²) in [7, 11) is 3.94. The van der Waals surface area contributed by atoms with E-state index >= 15 is 0 Å². The SMILES string of the molecule is CC(C)N(CCCC(=O)O)C(=O)NCC(C)(C)N(C)C. The van der Waals surface area contributed by atoms with Gasteiger partial charge in [0.25, 0.3) is 0 Å². The minimum Gasteiger partial charge on any atom is -0.481 e. The van der Waals surface area contributed by atoms with Crippen LogP contribution in [0.25, 0.3) is 0 Å². The predicted octanol–water partition coefficient (Wildman–Crippen LogP) is 1.61. The Bertz CT molecular complexity index is 328. The van der Waals surface area contributed by atoms with Crippen molar-refractivity contribution in [1.82, 2.24) is 15.1 Å². The fraction of sp³-hybridized carbons (Fsp3) is 0.857. The zero-order chi connectivity index (χ0) is 15.9. The summed E-state index contributed by atoms with van der Waals surface area (Å²) >= 11 is 0. The maximum absolute atomic E-state index is 12.2. The van der Waals surface area contributed by atoms with Crippen molar-refractivity contribution in [2.24, 2.45) is 0 Å². The number of carboxylic acids is 1. The van der Waals surface area contributed by atoms with Crippen molar-refractivity contribution in [3.63, 3.8) is 0 Å². The second-order valence-corrected chi connectivity index (χ2v) is 6.15. The Morgan fingerprint density at radius 1 is 1.25 bits per heavy atom. The summed E-state index contributed by atoms with van der Waals surface area (Å²) in [5.41, 5.74) is -0.126. The van der Waals surface area contributed by atoms with Gasteiger partial charge in [0.05, 0.1) is 0 Å². The van der Waals surface area contributed by atoms with Gasteiger partial charge in [0, 0.05) is 31.1 Å². The zero-order valence-electron chi connectivity index (χ0n) is 13.6. The lowest BCUT2D eigenvalue weighted by atomic mass is 10.0. The van der Waals surface area contributed by atoms with Crippen molar-refractivity contribution in [2.45, 2.75) is 52.1 Å². The van der Waals surface area contributed by atoms with Gasteiger partial charge in [0.15, 0.2) is 0 Å². The molecule has 0 heterocycles. The number of urea groups is 1. The van der Waals surface area contributed by atoms with Gasteiger partial charge >= 0.3 is 12.0 Å². The average Bonchev–Trinajstić information content (AvgIpc) is 2.30. The first-order valence-electron chi connectivity index (χ1n) is 7.01. The highest BCUT2D eigenvalue weighted by Crippen LogP contribution is 2.09. The van der Waals surface area contributed by atoms with Crippen LogP contribution in [-0.2, 0) is 4.79 Å². The molecular weight excluding hydrogens is 258 g/mol. The topological polar surface area (TPSA) is 72.9 Å². The largest absolute Gasteiger partial charge is 0.481 e. The highest BCUT2D eigenvalue weighted by molar-refractivity contribution is 5.74. The molecule has 0 spiro atoms. The van der Waals surface area contributed by atoms with E-state index in [0.717, 1.165) is 0 Å². The second-order valence-electron chi connectivity index (χ2n) is 6.15. The number of nitrogens with zero attached hydrogens (tertiary/aromatic N) is 2. The molecule has 0 fully saturated rings. The van der Waals surface area contributed by atoms with Crippen LogP contribution in [-0.4, -0.2) is 65.7 Å². The molecule has 0 rings (SSSR count). The Labute approximate surface area is 122 Å². The number of likely N-dealkylation sites (N-methyl/N-ethyl adjacent to an activating group) is 1. The maximum Gasteiger partial charge on any atom is 0.317 e. The Morgan fingerprint density at radius 3 is 2.20 bits per heavy atom. The van der Waals surface area contributed by atoms with E-state index in [-0.39, 0.29) is 24.0 Å². The first-order chi connectivity index (χ1) is 9.08. The molecule has 2 amide bonds. The van der Waals surface area contributed by atoms with E-state index in [1.807, 2.05) is 27.9 Å². The molecule has 0 atom stereocenters. The van der Waals surface area contributed by atoms with Gasteiger partial charge in [-0.05, 0) is 48.2 Å². The number of aliphatic carboxylic acids is 1. The number of carbonyl (C=O) groups excluding carboxylic acids is 1. The summed E-state index contributed by atoms with van der Waals surface area (Å²) in [5.74, 6) is -0.831. The van der Waals surface area contributed by atoms with Crippen LogP contribution in [0.15, 0.2) is 0 Å². The third-order valence-electron chi connectivity index (χ3n) is 3.56. The van der Waals surface area contributed by atoms with Gasteiger partial charge in [0.2, 0.25) is 0 Å². The summed E-state index contributed by atoms with van der Waals surface area (Å²) in [6.07, 6.45) is 0.553. The molecule has 0 aromatic carbocycles. The summed E-state index contributed by atoms with van der Waals surface area (Å²) < 4.78 is 0. The van der Waals surface area contributed by atoms with E-state index < -0.39 is 5.97 Å². The van der Waals surface area contributed by atoms with Crippen molar-refractivity contribution in [3.8, 4) is 0 Å². The molecule has 6 heteroatoms. The lowest BCUT2D eigenvalue weighted by Crippen LogP contribution is -2.52. The maximum atomic E-state index is 12.2. The van der Waals surface area contributed by atoms with Gasteiger partial charge in [-0.1, -0.05) is 0 Å². The van der Waals surface area contributed by atoms with Gasteiger partial charge in [0.1, 0.15) is 0 Å². The molecule has 2 N–H and O–H groups in total. The number of hydrogen-bond acceptors (Lipinski definition) is 3. The summed E-state index contributed by atoms with van der Waals surface area (Å²) in [6.45, 7) is 8.96. The molecule has 0 aromatic heterocycles. The van der Waals surface area contributed by atoms with E-state index in [1.54, 1.807) is 4.90 Å². The molecular formula is C14H29N3O3. The number of amides is 2. The molecule has 0 aliphatic heterocycles. The third-order valence-corrected chi connectivity index (χ3v) is 3.56. The third kappa shape index (κ3) is 6.75. The van der Waals surface area contributed by atoms with Crippen molar-refractivity contribution >= 4 is 12.0 Å². The van der Waals surface area contributed by atoms with Crippen LogP contribution in [0.2, 0.25) is 0 Å². The Morgan fingerprint density at radius 2 is 1.80 bits per heavy atom. The number of hydrogen-bond donors (Lipinski definition) is 2. The van der Waals surface area contributed by atoms with Gasteiger partial charge in [-0.25, -0.2) is 4.79 Å². The number of rotatable bonds is 8. The Balaban J connectivity index is 4.40. The Hall–Kier alpha value is -1.30. The van der Waals surface area contributed by atoms with Gasteiger partial charge in [-0.15, -0.1) is 0 Å². The van der Waals surface area contributed by atoms with Crippen LogP contribution in [0.1, 0.15) is 40.5 Å². The number of carbonyl (C=O) groups is 2. The lowest BCUT2D eigenvalue weighted by molar-refractivity contribution is -0.137. The lowest BCUT2D eigenvalue weighted by Gasteiger charge is -2.34. The monoisotopic (exact) mass is 287 g/mol. The standard InChI is InChI=1S/C14H29N3O3/c1-11(2)17(9-7-8-12(18)19)13(20)15-10-14(3,4)16(5)6/h11H,7-10H2,1-6H3,(H,15,20)(H,18,19). The van der Waals surface area contributed by atoms with E-state index in [2.05, 4.69) is 24.1 Å². The first-order valence-corrected chi connectivity index (χ1v) is 7.01. The van der Waals surface area contributed by atoms with Crippen molar-refractivity contribution in [1.29, 1.82) is 0 Å². The summed E-state index contributed by atoms with van der Waals surface area (Å²) in [4.78, 5) is 26.4. The minimum absolute atomic E-state index is 0.0475. The molecule has 0 aliphatic carbocycles. The minimum atomic E-state index is -0.831. The van der Waals surface area contributed by atoms with E-state index in [1.165, 1.54) is 0 Å². The van der Waals surface area contributed by atoms with Crippen molar-refractivity contribution in [3.05, 3.63) is 0 Å². The smallest absolute Gasteiger partial charge is 0.317 e. The molecule has 20 heavy (non-hydrogen) atoms. The molecule has 0 saturated carbocycles. The van der Waals surface area contributed by atoms with E-state index in [4.69, 9.17) is 5.11 Å². The van der Waals surface area contributed by atoms with Gasteiger partial charge < -0.3 is 20.2 Å². The molecule has 0 bridgehead atoms. The molecule has 0 aromatic rings. The Kier molecular flexibility index (Phi) is 7.57. The molecule has 118 valence electrons. The number of carboxylic acid groups (broad SMARTS) is 1. The highest BCUT2D eigenvalue weighted by atomic mass is 16.4. The van der Waals surface area contributed by atoms with Crippen LogP contribution in [0.4, 0.5) is 4.79 Å². The molecule has 0 unspecified atom stereocenters.